The number of aromatic nitrogens is 1. The highest BCUT2D eigenvalue weighted by Crippen LogP contribution is 2.24. The van der Waals surface area contributed by atoms with E-state index >= 15 is 0 Å². The molecule has 0 atom stereocenters. The number of thiophene rings is 1. The maximum atomic E-state index is 12.1. The molecule has 3 aromatic rings. The number of rotatable bonds is 5. The van der Waals surface area contributed by atoms with Crippen molar-refractivity contribution >= 4 is 28.7 Å². The van der Waals surface area contributed by atoms with Crippen LogP contribution in [0.25, 0.3) is 10.8 Å². The number of oxazole rings is 1. The van der Waals surface area contributed by atoms with E-state index in [0.29, 0.717) is 11.6 Å². The second-order valence-electron chi connectivity index (χ2n) is 4.73. The van der Waals surface area contributed by atoms with Crippen molar-refractivity contribution in [3.05, 3.63) is 63.3 Å². The van der Waals surface area contributed by atoms with Crippen LogP contribution >= 0.6 is 11.3 Å². The van der Waals surface area contributed by atoms with Crippen LogP contribution in [0.1, 0.15) is 16.1 Å². The monoisotopic (exact) mass is 345 g/mol. The quantitative estimate of drug-likeness (QED) is 0.326. The van der Waals surface area contributed by atoms with Gasteiger partial charge in [-0.25, -0.2) is 9.78 Å². The molecule has 0 spiro atoms. The molecule has 2 N–H and O–H groups in total. The predicted octanol–water partition coefficient (Wildman–Crippen LogP) is 3.25. The molecular formula is C15H11N3O5S. The van der Waals surface area contributed by atoms with Gasteiger partial charge in [0.05, 0.1) is 15.4 Å². The van der Waals surface area contributed by atoms with E-state index in [0.717, 1.165) is 10.9 Å². The summed E-state index contributed by atoms with van der Waals surface area (Å²) in [5, 5.41) is 12.7. The predicted molar refractivity (Wildman–Crippen MR) is 86.4 cm³/mol. The summed E-state index contributed by atoms with van der Waals surface area (Å²) in [6.45, 7) is -0.129. The lowest BCUT2D eigenvalue weighted by Crippen LogP contribution is -2.09. The highest BCUT2D eigenvalue weighted by atomic mass is 32.1. The van der Waals surface area contributed by atoms with Crippen LogP contribution in [-0.4, -0.2) is 15.9 Å². The highest BCUT2D eigenvalue weighted by Gasteiger charge is 2.17. The number of nitrogens with two attached hydrogens (primary N) is 1. The van der Waals surface area contributed by atoms with Gasteiger partial charge in [-0.05, 0) is 17.5 Å². The summed E-state index contributed by atoms with van der Waals surface area (Å²) in [5.74, 6) is -0.331. The molecule has 0 saturated heterocycles. The van der Waals surface area contributed by atoms with Gasteiger partial charge in [0.15, 0.2) is 0 Å². The van der Waals surface area contributed by atoms with Crippen LogP contribution in [0, 0.1) is 10.1 Å². The van der Waals surface area contributed by atoms with Crippen LogP contribution in [0.3, 0.4) is 0 Å². The Labute approximate surface area is 139 Å². The summed E-state index contributed by atoms with van der Waals surface area (Å²) >= 11 is 1.47. The molecule has 0 radical (unpaired) electrons. The number of benzene rings is 1. The number of nitrogen functional groups attached to an aromatic ring is 1. The van der Waals surface area contributed by atoms with Gasteiger partial charge in [-0.2, -0.15) is 0 Å². The van der Waals surface area contributed by atoms with Gasteiger partial charge in [0.25, 0.3) is 5.69 Å². The molecule has 3 rings (SSSR count). The van der Waals surface area contributed by atoms with E-state index in [1.807, 2.05) is 17.5 Å². The van der Waals surface area contributed by atoms with Crippen LogP contribution in [0.5, 0.6) is 0 Å². The zero-order valence-electron chi connectivity index (χ0n) is 12.2. The Balaban J connectivity index is 1.70. The number of hydrogen-bond acceptors (Lipinski definition) is 8. The molecule has 1 aromatic carbocycles. The number of nitro benzene ring substituents is 1. The summed E-state index contributed by atoms with van der Waals surface area (Å²) in [4.78, 5) is 27.3. The van der Waals surface area contributed by atoms with Gasteiger partial charge in [0.1, 0.15) is 18.6 Å². The molecule has 0 unspecified atom stereocenters. The molecule has 0 aliphatic heterocycles. The fourth-order valence-corrected chi connectivity index (χ4v) is 2.59. The zero-order chi connectivity index (χ0) is 17.1. The van der Waals surface area contributed by atoms with Crippen LogP contribution in [-0.2, 0) is 11.3 Å². The van der Waals surface area contributed by atoms with Crippen LogP contribution in [0.4, 0.5) is 11.4 Å². The molecule has 2 heterocycles. The van der Waals surface area contributed by atoms with Crippen molar-refractivity contribution in [3.63, 3.8) is 0 Å². The molecule has 0 saturated carbocycles. The van der Waals surface area contributed by atoms with Gasteiger partial charge in [-0.3, -0.25) is 10.1 Å². The number of non-ortho nitro benzene ring substituents is 1. The Kier molecular flexibility index (Phi) is 4.25. The minimum atomic E-state index is -0.767. The number of anilines is 1. The smallest absolute Gasteiger partial charge is 0.340 e. The fraction of sp³-hybridized carbons (Fsp3) is 0.0667. The van der Waals surface area contributed by atoms with E-state index in [1.165, 1.54) is 29.7 Å². The Morgan fingerprint density at radius 3 is 2.96 bits per heavy atom. The lowest BCUT2D eigenvalue weighted by Gasteiger charge is -2.05. The summed E-state index contributed by atoms with van der Waals surface area (Å²) < 4.78 is 10.4. The SMILES string of the molecule is Nc1ccc([N+](=O)[O-])cc1C(=O)OCc1coc(-c2cccs2)n1. The molecule has 122 valence electrons. The van der Waals surface area contributed by atoms with Gasteiger partial charge < -0.3 is 14.9 Å². The Morgan fingerprint density at radius 1 is 1.42 bits per heavy atom. The van der Waals surface area contributed by atoms with Crippen molar-refractivity contribution in [1.82, 2.24) is 4.98 Å². The molecule has 0 fully saturated rings. The van der Waals surface area contributed by atoms with Crippen molar-refractivity contribution in [2.24, 2.45) is 0 Å². The van der Waals surface area contributed by atoms with Gasteiger partial charge in [-0.1, -0.05) is 6.07 Å². The second-order valence-corrected chi connectivity index (χ2v) is 5.67. The van der Waals surface area contributed by atoms with Crippen LogP contribution in [0.15, 0.2) is 46.4 Å². The molecule has 0 bridgehead atoms. The first-order valence-electron chi connectivity index (χ1n) is 6.74. The van der Waals surface area contributed by atoms with Crippen molar-refractivity contribution in [3.8, 4) is 10.8 Å². The second kappa shape index (κ2) is 6.50. The van der Waals surface area contributed by atoms with Crippen molar-refractivity contribution < 1.29 is 18.9 Å². The topological polar surface area (TPSA) is 121 Å². The minimum absolute atomic E-state index is 0.0637. The molecule has 0 aliphatic rings. The number of hydrogen-bond donors (Lipinski definition) is 1. The molecule has 24 heavy (non-hydrogen) atoms. The first kappa shape index (κ1) is 15.7. The highest BCUT2D eigenvalue weighted by molar-refractivity contribution is 7.13. The van der Waals surface area contributed by atoms with Gasteiger partial charge in [0.2, 0.25) is 5.89 Å². The molecule has 9 heteroatoms. The van der Waals surface area contributed by atoms with Gasteiger partial charge >= 0.3 is 5.97 Å². The molecule has 0 aliphatic carbocycles. The minimum Gasteiger partial charge on any atom is -0.455 e. The first-order valence-corrected chi connectivity index (χ1v) is 7.62. The van der Waals surface area contributed by atoms with Crippen LogP contribution < -0.4 is 5.73 Å². The van der Waals surface area contributed by atoms with Crippen LogP contribution in [0.2, 0.25) is 0 Å². The Hall–Kier alpha value is -3.20. The van der Waals surface area contributed by atoms with E-state index in [9.17, 15) is 14.9 Å². The summed E-state index contributed by atoms with van der Waals surface area (Å²) in [7, 11) is 0. The van der Waals surface area contributed by atoms with E-state index in [1.54, 1.807) is 0 Å². The van der Waals surface area contributed by atoms with E-state index in [2.05, 4.69) is 4.98 Å². The lowest BCUT2D eigenvalue weighted by molar-refractivity contribution is -0.384. The average Bonchev–Trinajstić information content (AvgIpc) is 3.24. The van der Waals surface area contributed by atoms with E-state index in [4.69, 9.17) is 14.9 Å². The summed E-state index contributed by atoms with van der Waals surface area (Å²) in [6, 6.07) is 7.32. The van der Waals surface area contributed by atoms with Gasteiger partial charge in [-0.15, -0.1) is 11.3 Å². The van der Waals surface area contributed by atoms with Crippen molar-refractivity contribution in [2.45, 2.75) is 6.61 Å². The number of esters is 1. The maximum absolute atomic E-state index is 12.1. The van der Waals surface area contributed by atoms with Crippen molar-refractivity contribution in [1.29, 1.82) is 0 Å². The number of carbonyl (C=O) groups is 1. The normalized spacial score (nSPS) is 10.5. The Morgan fingerprint density at radius 2 is 2.25 bits per heavy atom. The largest absolute Gasteiger partial charge is 0.455 e. The standard InChI is InChI=1S/C15H11N3O5S/c16-12-4-3-10(18(20)21)6-11(12)15(19)23-8-9-7-22-14(17-9)13-2-1-5-24-13/h1-7H,8,16H2. The van der Waals surface area contributed by atoms with E-state index < -0.39 is 10.9 Å². The third-order valence-corrected chi connectivity index (χ3v) is 3.96. The Bertz CT molecular complexity index is 888. The maximum Gasteiger partial charge on any atom is 0.340 e. The lowest BCUT2D eigenvalue weighted by atomic mass is 10.1. The first-order chi connectivity index (χ1) is 11.5. The summed E-state index contributed by atoms with van der Waals surface area (Å²) in [5.41, 5.74) is 5.90. The molecule has 2 aromatic heterocycles. The fourth-order valence-electron chi connectivity index (χ4n) is 1.94. The van der Waals surface area contributed by atoms with Crippen molar-refractivity contribution in [2.75, 3.05) is 5.73 Å². The zero-order valence-corrected chi connectivity index (χ0v) is 13.0. The third kappa shape index (κ3) is 3.25. The van der Waals surface area contributed by atoms with E-state index in [-0.39, 0.29) is 23.5 Å². The number of nitrogens with zero attached hydrogens (tertiary/aromatic N) is 2. The molecule has 0 amide bonds. The molecule has 8 nitrogen and oxygen atoms in total. The third-order valence-electron chi connectivity index (χ3n) is 3.10. The number of ether oxygens (including phenoxy) is 1. The number of carbonyl (C=O) groups excluding carboxylic acids is 1. The average molecular weight is 345 g/mol. The van der Waals surface area contributed by atoms with Gasteiger partial charge in [0, 0.05) is 17.8 Å². The summed E-state index contributed by atoms with van der Waals surface area (Å²) in [6.07, 6.45) is 1.39. The number of nitro groups is 1. The molecular weight excluding hydrogens is 334 g/mol.